The minimum atomic E-state index is -0.208. The summed E-state index contributed by atoms with van der Waals surface area (Å²) in [5.74, 6) is 1.07. The minimum Gasteiger partial charge on any atom is -0.473 e. The van der Waals surface area contributed by atoms with Gasteiger partial charge in [0.1, 0.15) is 11.5 Å². The summed E-state index contributed by atoms with van der Waals surface area (Å²) in [5.41, 5.74) is 1.24. The number of allylic oxidation sites excluding steroid dienone is 2. The molecule has 1 N–H and O–H groups in total. The Morgan fingerprint density at radius 3 is 2.50 bits per heavy atom. The molecule has 0 aromatic rings. The Bertz CT molecular complexity index is 376. The van der Waals surface area contributed by atoms with Crippen LogP contribution in [-0.4, -0.2) is 36.8 Å². The highest BCUT2D eigenvalue weighted by atomic mass is 16.5. The number of nitrogens with one attached hydrogen (secondary N) is 1. The molecular formula is C15H25N2O+. The van der Waals surface area contributed by atoms with Gasteiger partial charge in [-0.2, -0.15) is 0 Å². The first kappa shape index (κ1) is 12.2. The predicted octanol–water partition coefficient (Wildman–Crippen LogP) is 1.29. The minimum absolute atomic E-state index is 0.208. The number of ether oxygens (including phenoxy) is 1. The highest BCUT2D eigenvalue weighted by molar-refractivity contribution is 5.23. The molecule has 3 aliphatic heterocycles. The Morgan fingerprint density at radius 1 is 1.17 bits per heavy atom. The second-order valence-electron chi connectivity index (χ2n) is 6.02. The largest absolute Gasteiger partial charge is 0.473 e. The zero-order valence-corrected chi connectivity index (χ0v) is 11.7. The fourth-order valence-electron chi connectivity index (χ4n) is 3.55. The van der Waals surface area contributed by atoms with Gasteiger partial charge in [0.15, 0.2) is 5.72 Å². The number of quaternary nitrogens is 1. The van der Waals surface area contributed by atoms with E-state index < -0.39 is 0 Å². The maximum absolute atomic E-state index is 6.14. The van der Waals surface area contributed by atoms with Crippen LogP contribution in [0.25, 0.3) is 0 Å². The van der Waals surface area contributed by atoms with Crippen LogP contribution in [0.5, 0.6) is 0 Å². The average molecular weight is 249 g/mol. The molecule has 0 amide bonds. The molecule has 3 heteroatoms. The van der Waals surface area contributed by atoms with Gasteiger partial charge < -0.3 is 9.64 Å². The maximum atomic E-state index is 6.14. The van der Waals surface area contributed by atoms with Gasteiger partial charge in [-0.15, -0.1) is 0 Å². The molecule has 3 rings (SSSR count). The lowest BCUT2D eigenvalue weighted by atomic mass is 10.1. The molecule has 100 valence electrons. The molecule has 0 aliphatic carbocycles. The third-order valence-electron chi connectivity index (χ3n) is 4.50. The van der Waals surface area contributed by atoms with Crippen molar-refractivity contribution in [3.8, 4) is 0 Å². The van der Waals surface area contributed by atoms with Crippen LogP contribution in [0.15, 0.2) is 23.6 Å². The molecule has 1 unspecified atom stereocenters. The van der Waals surface area contributed by atoms with Gasteiger partial charge in [-0.05, 0) is 26.7 Å². The smallest absolute Gasteiger partial charge is 0.185 e. The van der Waals surface area contributed by atoms with Crippen LogP contribution in [0.1, 0.15) is 39.5 Å². The van der Waals surface area contributed by atoms with Crippen molar-refractivity contribution in [1.29, 1.82) is 0 Å². The van der Waals surface area contributed by atoms with E-state index in [-0.39, 0.29) is 5.72 Å². The molecule has 3 aliphatic rings. The van der Waals surface area contributed by atoms with Crippen molar-refractivity contribution < 1.29 is 9.64 Å². The summed E-state index contributed by atoms with van der Waals surface area (Å²) >= 11 is 0. The van der Waals surface area contributed by atoms with E-state index in [1.54, 1.807) is 4.90 Å². The standard InChI is InChI=1S/C15H24N2O/c1-13-11-14(16-7-3-4-8-16)12-15(2,18-13)17-9-5-6-10-17/h11-12H,3-10H2,1-2H3/p+1. The van der Waals surface area contributed by atoms with E-state index in [9.17, 15) is 0 Å². The summed E-state index contributed by atoms with van der Waals surface area (Å²) in [6.07, 6.45) is 9.94. The van der Waals surface area contributed by atoms with E-state index in [1.165, 1.54) is 57.6 Å². The van der Waals surface area contributed by atoms with Crippen LogP contribution in [-0.2, 0) is 4.74 Å². The SMILES string of the molecule is CC1=CC([NH+]2CCCC2)=CC(C)(N2CCCC2)O1. The number of hydrogen-bond acceptors (Lipinski definition) is 2. The van der Waals surface area contributed by atoms with Gasteiger partial charge in [0, 0.05) is 38.1 Å². The summed E-state index contributed by atoms with van der Waals surface area (Å²) in [6.45, 7) is 9.23. The lowest BCUT2D eigenvalue weighted by Gasteiger charge is -2.39. The molecule has 3 nitrogen and oxygen atoms in total. The number of hydrogen-bond donors (Lipinski definition) is 1. The van der Waals surface area contributed by atoms with Crippen molar-refractivity contribution in [3.05, 3.63) is 23.6 Å². The second-order valence-corrected chi connectivity index (χ2v) is 6.02. The van der Waals surface area contributed by atoms with Gasteiger partial charge in [-0.1, -0.05) is 0 Å². The van der Waals surface area contributed by atoms with E-state index in [2.05, 4.69) is 30.9 Å². The van der Waals surface area contributed by atoms with Crippen molar-refractivity contribution in [2.75, 3.05) is 26.2 Å². The van der Waals surface area contributed by atoms with Crippen molar-refractivity contribution in [3.63, 3.8) is 0 Å². The predicted molar refractivity (Wildman–Crippen MR) is 72.1 cm³/mol. The fraction of sp³-hybridized carbons (Fsp3) is 0.733. The number of nitrogens with zero attached hydrogens (tertiary/aromatic N) is 1. The Morgan fingerprint density at radius 2 is 1.83 bits per heavy atom. The Labute approximate surface area is 110 Å². The molecule has 0 spiro atoms. The van der Waals surface area contributed by atoms with Crippen LogP contribution in [0.2, 0.25) is 0 Å². The normalized spacial score (nSPS) is 34.3. The first-order valence-electron chi connectivity index (χ1n) is 7.38. The van der Waals surface area contributed by atoms with E-state index in [1.807, 2.05) is 0 Å². The van der Waals surface area contributed by atoms with E-state index >= 15 is 0 Å². The number of rotatable bonds is 2. The molecule has 0 aromatic heterocycles. The molecule has 2 saturated heterocycles. The van der Waals surface area contributed by atoms with Gasteiger partial charge in [0.25, 0.3) is 0 Å². The lowest BCUT2D eigenvalue weighted by molar-refractivity contribution is -0.844. The quantitative estimate of drug-likeness (QED) is 0.794. The maximum Gasteiger partial charge on any atom is 0.185 e. The third-order valence-corrected chi connectivity index (χ3v) is 4.50. The van der Waals surface area contributed by atoms with Crippen molar-refractivity contribution in [2.24, 2.45) is 0 Å². The molecule has 0 aromatic carbocycles. The Kier molecular flexibility index (Phi) is 3.20. The van der Waals surface area contributed by atoms with Crippen molar-refractivity contribution in [1.82, 2.24) is 4.90 Å². The molecule has 2 fully saturated rings. The lowest BCUT2D eigenvalue weighted by Crippen LogP contribution is -3.08. The zero-order valence-electron chi connectivity index (χ0n) is 11.7. The van der Waals surface area contributed by atoms with Gasteiger partial charge in [0.05, 0.1) is 13.1 Å². The first-order valence-corrected chi connectivity index (χ1v) is 7.38. The molecule has 3 heterocycles. The van der Waals surface area contributed by atoms with E-state index in [0.29, 0.717) is 0 Å². The van der Waals surface area contributed by atoms with Crippen LogP contribution in [0, 0.1) is 0 Å². The Balaban J connectivity index is 1.85. The van der Waals surface area contributed by atoms with E-state index in [0.717, 1.165) is 5.76 Å². The first-order chi connectivity index (χ1) is 8.67. The summed E-state index contributed by atoms with van der Waals surface area (Å²) in [4.78, 5) is 4.13. The molecule has 0 saturated carbocycles. The van der Waals surface area contributed by atoms with Gasteiger partial charge in [0.2, 0.25) is 0 Å². The summed E-state index contributed by atoms with van der Waals surface area (Å²) in [6, 6.07) is 0. The highest BCUT2D eigenvalue weighted by Crippen LogP contribution is 2.30. The molecular weight excluding hydrogens is 224 g/mol. The van der Waals surface area contributed by atoms with Crippen LogP contribution >= 0.6 is 0 Å². The van der Waals surface area contributed by atoms with Gasteiger partial charge in [-0.25, -0.2) is 0 Å². The fourth-order valence-corrected chi connectivity index (χ4v) is 3.55. The Hall–Kier alpha value is -0.800. The average Bonchev–Trinajstić information content (AvgIpc) is 3.02. The van der Waals surface area contributed by atoms with Crippen molar-refractivity contribution in [2.45, 2.75) is 45.3 Å². The molecule has 1 atom stereocenters. The van der Waals surface area contributed by atoms with Crippen LogP contribution < -0.4 is 4.90 Å². The summed E-state index contributed by atoms with van der Waals surface area (Å²) in [7, 11) is 0. The molecule has 0 radical (unpaired) electrons. The summed E-state index contributed by atoms with van der Waals surface area (Å²) < 4.78 is 6.14. The second kappa shape index (κ2) is 4.71. The van der Waals surface area contributed by atoms with Gasteiger partial charge in [-0.3, -0.25) is 4.90 Å². The molecule has 0 bridgehead atoms. The van der Waals surface area contributed by atoms with Crippen molar-refractivity contribution >= 4 is 0 Å². The topological polar surface area (TPSA) is 16.9 Å². The van der Waals surface area contributed by atoms with Crippen LogP contribution in [0.3, 0.4) is 0 Å². The van der Waals surface area contributed by atoms with E-state index in [4.69, 9.17) is 4.74 Å². The summed E-state index contributed by atoms with van der Waals surface area (Å²) in [5, 5.41) is 0. The van der Waals surface area contributed by atoms with Gasteiger partial charge >= 0.3 is 0 Å². The van der Waals surface area contributed by atoms with Crippen LogP contribution in [0.4, 0.5) is 0 Å². The zero-order chi connectivity index (χ0) is 12.6. The third kappa shape index (κ3) is 2.21. The molecule has 18 heavy (non-hydrogen) atoms. The monoisotopic (exact) mass is 249 g/mol. The highest BCUT2D eigenvalue weighted by Gasteiger charge is 2.38. The number of likely N-dealkylation sites (tertiary alicyclic amines) is 2.